The molecule has 2 aromatic rings. The second-order valence-corrected chi connectivity index (χ2v) is 7.11. The van der Waals surface area contributed by atoms with Crippen LogP contribution in [0.2, 0.25) is 5.02 Å². The van der Waals surface area contributed by atoms with Crippen LogP contribution in [0.3, 0.4) is 0 Å². The molecule has 7 heteroatoms. The van der Waals surface area contributed by atoms with Crippen molar-refractivity contribution < 1.29 is 9.13 Å². The van der Waals surface area contributed by atoms with Gasteiger partial charge in [0.25, 0.3) is 5.69 Å². The number of non-ortho nitro benzene ring substituents is 1. The zero-order chi connectivity index (χ0) is 16.8. The summed E-state index contributed by atoms with van der Waals surface area (Å²) in [5.41, 5.74) is 0.708. The topological polar surface area (TPSA) is 63.5 Å². The van der Waals surface area contributed by atoms with Crippen LogP contribution >= 0.6 is 11.6 Å². The number of hydrogen-bond acceptors (Lipinski definition) is 4. The summed E-state index contributed by atoms with van der Waals surface area (Å²) in [5.74, 6) is 0.493. The molecule has 2 aromatic carbocycles. The van der Waals surface area contributed by atoms with Gasteiger partial charge in [0.15, 0.2) is 0 Å². The Kier molecular flexibility index (Phi) is 6.27. The summed E-state index contributed by atoms with van der Waals surface area (Å²) < 4.78 is 12.2. The molecule has 0 radical (unpaired) electrons. The number of rotatable bonds is 7. The third kappa shape index (κ3) is 5.13. The third-order valence-corrected chi connectivity index (χ3v) is 5.06. The Balaban J connectivity index is 1.95. The minimum atomic E-state index is -1.06. The number of hydrogen-bond donors (Lipinski definition) is 0. The van der Waals surface area contributed by atoms with Gasteiger partial charge in [-0.1, -0.05) is 29.8 Å². The van der Waals surface area contributed by atoms with Gasteiger partial charge in [-0.15, -0.1) is 0 Å². The lowest BCUT2D eigenvalue weighted by Crippen LogP contribution is -2.23. The fraction of sp³-hybridized carbons (Fsp3) is 0.250. The number of halogens is 1. The van der Waals surface area contributed by atoms with Crippen molar-refractivity contribution in [3.05, 3.63) is 69.2 Å². The molecule has 0 spiro atoms. The summed E-state index contributed by atoms with van der Waals surface area (Å²) in [7, 11) is 0.810. The monoisotopic (exact) mass is 352 g/mol. The smallest absolute Gasteiger partial charge is 0.269 e. The van der Waals surface area contributed by atoms with Gasteiger partial charge in [0, 0.05) is 40.9 Å². The minimum Gasteiger partial charge on any atom is -0.301 e. The van der Waals surface area contributed by atoms with Crippen LogP contribution in [-0.4, -0.2) is 33.4 Å². The molecule has 0 aliphatic carbocycles. The van der Waals surface area contributed by atoms with Crippen LogP contribution in [0.15, 0.2) is 53.4 Å². The van der Waals surface area contributed by atoms with Crippen molar-refractivity contribution in [3.63, 3.8) is 0 Å². The van der Waals surface area contributed by atoms with E-state index in [4.69, 9.17) is 11.6 Å². The molecule has 0 bridgehead atoms. The van der Waals surface area contributed by atoms with Gasteiger partial charge in [0.2, 0.25) is 0 Å². The van der Waals surface area contributed by atoms with Crippen LogP contribution in [0.4, 0.5) is 5.69 Å². The molecule has 0 aliphatic rings. The lowest BCUT2D eigenvalue weighted by atomic mass is 10.2. The number of nitro groups is 1. The van der Waals surface area contributed by atoms with E-state index in [0.29, 0.717) is 29.4 Å². The molecule has 0 amide bonds. The average molecular weight is 353 g/mol. The van der Waals surface area contributed by atoms with Gasteiger partial charge in [-0.2, -0.15) is 0 Å². The molecule has 0 N–H and O–H groups in total. The van der Waals surface area contributed by atoms with Gasteiger partial charge in [-0.3, -0.25) is 14.3 Å². The molecule has 23 heavy (non-hydrogen) atoms. The first-order chi connectivity index (χ1) is 11.0. The molecular formula is C16H17ClN2O3S. The number of nitro benzene ring substituents is 1. The molecular weight excluding hydrogens is 336 g/mol. The highest BCUT2D eigenvalue weighted by Gasteiger charge is 2.12. The van der Waals surface area contributed by atoms with E-state index in [9.17, 15) is 14.3 Å². The summed E-state index contributed by atoms with van der Waals surface area (Å²) in [6.07, 6.45) is 0. The van der Waals surface area contributed by atoms with Crippen LogP contribution in [0, 0.1) is 10.1 Å². The first-order valence-corrected chi connectivity index (χ1v) is 8.72. The average Bonchev–Trinajstić information content (AvgIpc) is 2.55. The fourth-order valence-corrected chi connectivity index (χ4v) is 3.45. The van der Waals surface area contributed by atoms with E-state index in [0.717, 1.165) is 4.90 Å². The quantitative estimate of drug-likeness (QED) is 0.565. The minimum absolute atomic E-state index is 0.0191. The van der Waals surface area contributed by atoms with Gasteiger partial charge >= 0.3 is 0 Å². The first kappa shape index (κ1) is 17.6. The summed E-state index contributed by atoms with van der Waals surface area (Å²) in [6.45, 7) is 1.06. The Bertz CT molecular complexity index is 710. The molecule has 122 valence electrons. The van der Waals surface area contributed by atoms with E-state index in [1.807, 2.05) is 42.3 Å². The second kappa shape index (κ2) is 8.19. The molecule has 0 aromatic heterocycles. The fourth-order valence-electron chi connectivity index (χ4n) is 2.09. The van der Waals surface area contributed by atoms with Crippen molar-refractivity contribution in [3.8, 4) is 0 Å². The zero-order valence-electron chi connectivity index (χ0n) is 12.6. The van der Waals surface area contributed by atoms with Gasteiger partial charge < -0.3 is 4.90 Å². The van der Waals surface area contributed by atoms with Crippen molar-refractivity contribution >= 4 is 28.1 Å². The Morgan fingerprint density at radius 2 is 1.91 bits per heavy atom. The zero-order valence-corrected chi connectivity index (χ0v) is 14.2. The highest BCUT2D eigenvalue weighted by Crippen LogP contribution is 2.23. The first-order valence-electron chi connectivity index (χ1n) is 7.02. The molecule has 2 rings (SSSR count). The summed E-state index contributed by atoms with van der Waals surface area (Å²) in [4.78, 5) is 13.1. The van der Waals surface area contributed by atoms with E-state index in [1.165, 1.54) is 18.2 Å². The molecule has 0 aliphatic heterocycles. The van der Waals surface area contributed by atoms with Crippen molar-refractivity contribution in [2.45, 2.75) is 11.4 Å². The van der Waals surface area contributed by atoms with E-state index in [-0.39, 0.29) is 5.69 Å². The largest absolute Gasteiger partial charge is 0.301 e. The van der Waals surface area contributed by atoms with Crippen molar-refractivity contribution in [2.24, 2.45) is 0 Å². The summed E-state index contributed by atoms with van der Waals surface area (Å²) in [6, 6.07) is 13.7. The molecule has 0 fully saturated rings. The lowest BCUT2D eigenvalue weighted by Gasteiger charge is -2.17. The maximum atomic E-state index is 12.2. The molecule has 5 nitrogen and oxygen atoms in total. The van der Waals surface area contributed by atoms with E-state index in [2.05, 4.69) is 0 Å². The molecule has 0 heterocycles. The molecule has 0 saturated carbocycles. The van der Waals surface area contributed by atoms with E-state index in [1.54, 1.807) is 0 Å². The van der Waals surface area contributed by atoms with Gasteiger partial charge in [0.1, 0.15) is 0 Å². The van der Waals surface area contributed by atoms with Crippen molar-refractivity contribution in [1.82, 2.24) is 4.90 Å². The Hall–Kier alpha value is -1.76. The van der Waals surface area contributed by atoms with Crippen LogP contribution in [-0.2, 0) is 17.3 Å². The Morgan fingerprint density at radius 1 is 1.22 bits per heavy atom. The van der Waals surface area contributed by atoms with Gasteiger partial charge in [-0.25, -0.2) is 0 Å². The summed E-state index contributed by atoms with van der Waals surface area (Å²) >= 11 is 6.09. The van der Waals surface area contributed by atoms with E-state index >= 15 is 0 Å². The maximum absolute atomic E-state index is 12.2. The maximum Gasteiger partial charge on any atom is 0.269 e. The standard InChI is InChI=1S/C16H17ClN2O3S/c1-18(9-10-23(22)15-5-3-2-4-6-15)12-13-11-14(19(20)21)7-8-16(13)17/h2-8,11H,9-10,12H2,1H3/t23-/m1/s1. The second-order valence-electron chi connectivity index (χ2n) is 5.13. The Morgan fingerprint density at radius 3 is 2.57 bits per heavy atom. The van der Waals surface area contributed by atoms with Crippen LogP contribution in [0.25, 0.3) is 0 Å². The van der Waals surface area contributed by atoms with Gasteiger partial charge in [-0.05, 0) is 30.8 Å². The van der Waals surface area contributed by atoms with Crippen LogP contribution < -0.4 is 0 Å². The Labute approximate surface area is 142 Å². The van der Waals surface area contributed by atoms with Crippen molar-refractivity contribution in [1.29, 1.82) is 0 Å². The number of benzene rings is 2. The highest BCUT2D eigenvalue weighted by atomic mass is 35.5. The SMILES string of the molecule is CN(CC[S@@](=O)c1ccccc1)Cc1cc([N+](=O)[O-])ccc1Cl. The summed E-state index contributed by atoms with van der Waals surface area (Å²) in [5, 5.41) is 11.3. The van der Waals surface area contributed by atoms with E-state index < -0.39 is 15.7 Å². The van der Waals surface area contributed by atoms with Crippen molar-refractivity contribution in [2.75, 3.05) is 19.3 Å². The normalized spacial score (nSPS) is 12.3. The number of nitrogens with zero attached hydrogens (tertiary/aromatic N) is 2. The molecule has 1 atom stereocenters. The predicted octanol–water partition coefficient (Wildman–Crippen LogP) is 3.49. The van der Waals surface area contributed by atoms with Crippen LogP contribution in [0.1, 0.15) is 5.56 Å². The molecule has 0 saturated heterocycles. The third-order valence-electron chi connectivity index (χ3n) is 3.34. The lowest BCUT2D eigenvalue weighted by molar-refractivity contribution is -0.384. The van der Waals surface area contributed by atoms with Gasteiger partial charge in [0.05, 0.1) is 15.7 Å². The predicted molar refractivity (Wildman–Crippen MR) is 92.2 cm³/mol. The van der Waals surface area contributed by atoms with Crippen LogP contribution in [0.5, 0.6) is 0 Å². The highest BCUT2D eigenvalue weighted by molar-refractivity contribution is 7.85. The molecule has 0 unspecified atom stereocenters.